The Kier molecular flexibility index (Phi) is 8.07. The smallest absolute Gasteiger partial charge is 0.164 e. The lowest BCUT2D eigenvalue weighted by Crippen LogP contribution is -2.26. The van der Waals surface area contributed by atoms with Gasteiger partial charge in [0.25, 0.3) is 0 Å². The summed E-state index contributed by atoms with van der Waals surface area (Å²) >= 11 is 1.85. The van der Waals surface area contributed by atoms with Crippen molar-refractivity contribution in [2.75, 3.05) is 0 Å². The van der Waals surface area contributed by atoms with Crippen molar-refractivity contribution < 1.29 is 0 Å². The van der Waals surface area contributed by atoms with E-state index in [1.807, 2.05) is 11.3 Å². The first-order chi connectivity index (χ1) is 32.7. The second-order valence-electron chi connectivity index (χ2n) is 17.4. The van der Waals surface area contributed by atoms with Crippen LogP contribution in [0.1, 0.15) is 22.3 Å². The molecule has 14 rings (SSSR count). The summed E-state index contributed by atoms with van der Waals surface area (Å²) in [6, 6.07) is 81.4. The van der Waals surface area contributed by atoms with E-state index in [1.165, 1.54) is 86.6 Å². The van der Waals surface area contributed by atoms with Crippen LogP contribution in [-0.2, 0) is 5.41 Å². The van der Waals surface area contributed by atoms with Crippen molar-refractivity contribution >= 4 is 42.3 Å². The summed E-state index contributed by atoms with van der Waals surface area (Å²) < 4.78 is 2.57. The van der Waals surface area contributed by atoms with Gasteiger partial charge in [-0.05, 0) is 89.7 Å². The highest BCUT2D eigenvalue weighted by Gasteiger charge is 2.52. The van der Waals surface area contributed by atoms with E-state index in [4.69, 9.17) is 15.0 Å². The summed E-state index contributed by atoms with van der Waals surface area (Å²) in [7, 11) is 0. The molecular formula is C62H37N3S. The summed E-state index contributed by atoms with van der Waals surface area (Å²) in [5.74, 6) is 1.91. The first-order valence-corrected chi connectivity index (χ1v) is 23.3. The largest absolute Gasteiger partial charge is 0.208 e. The molecule has 306 valence electrons. The second kappa shape index (κ2) is 14.3. The van der Waals surface area contributed by atoms with Crippen LogP contribution in [0.5, 0.6) is 0 Å². The molecule has 0 unspecified atom stereocenters. The average molecular weight is 856 g/mol. The highest BCUT2D eigenvalue weighted by Crippen LogP contribution is 2.64. The monoisotopic (exact) mass is 855 g/mol. The van der Waals surface area contributed by atoms with Crippen molar-refractivity contribution in [1.29, 1.82) is 0 Å². The van der Waals surface area contributed by atoms with Crippen LogP contribution >= 0.6 is 11.3 Å². The molecule has 2 aliphatic carbocycles. The molecule has 0 fully saturated rings. The molecule has 0 atom stereocenters. The normalized spacial score (nSPS) is 13.0. The van der Waals surface area contributed by atoms with Crippen LogP contribution in [0.25, 0.3) is 110 Å². The summed E-state index contributed by atoms with van der Waals surface area (Å²) in [4.78, 5) is 16.4. The molecule has 12 aromatic rings. The van der Waals surface area contributed by atoms with Crippen molar-refractivity contribution in [3.05, 3.63) is 247 Å². The first-order valence-electron chi connectivity index (χ1n) is 22.5. The Balaban J connectivity index is 0.996. The van der Waals surface area contributed by atoms with Crippen LogP contribution in [-0.4, -0.2) is 15.0 Å². The van der Waals surface area contributed by atoms with Gasteiger partial charge < -0.3 is 0 Å². The lowest BCUT2D eigenvalue weighted by Gasteiger charge is -2.31. The predicted molar refractivity (Wildman–Crippen MR) is 274 cm³/mol. The van der Waals surface area contributed by atoms with Gasteiger partial charge in [0.05, 0.1) is 5.41 Å². The van der Waals surface area contributed by atoms with Gasteiger partial charge in [-0.25, -0.2) is 15.0 Å². The Morgan fingerprint density at radius 2 is 0.788 bits per heavy atom. The van der Waals surface area contributed by atoms with Gasteiger partial charge in [0.15, 0.2) is 17.5 Å². The van der Waals surface area contributed by atoms with E-state index in [-0.39, 0.29) is 0 Å². The molecule has 1 spiro atoms. The van der Waals surface area contributed by atoms with Crippen LogP contribution in [0, 0.1) is 0 Å². The topological polar surface area (TPSA) is 38.7 Å². The molecule has 4 heteroatoms. The van der Waals surface area contributed by atoms with E-state index < -0.39 is 5.41 Å². The molecule has 0 saturated carbocycles. The van der Waals surface area contributed by atoms with Crippen molar-refractivity contribution in [3.8, 4) is 78.7 Å². The third-order valence-electron chi connectivity index (χ3n) is 14.0. The summed E-state index contributed by atoms with van der Waals surface area (Å²) in [5.41, 5.74) is 17.0. The third kappa shape index (κ3) is 5.34. The van der Waals surface area contributed by atoms with Gasteiger partial charge in [-0.2, -0.15) is 0 Å². The Bertz CT molecular complexity index is 3890. The van der Waals surface area contributed by atoms with Gasteiger partial charge in [-0.1, -0.05) is 212 Å². The Morgan fingerprint density at radius 3 is 1.56 bits per heavy atom. The highest BCUT2D eigenvalue weighted by molar-refractivity contribution is 7.26. The number of benzene rings is 10. The van der Waals surface area contributed by atoms with E-state index in [0.29, 0.717) is 17.5 Å². The molecule has 10 aromatic carbocycles. The summed E-state index contributed by atoms with van der Waals surface area (Å²) in [5, 5.41) is 5.01. The maximum absolute atomic E-state index is 5.52. The maximum atomic E-state index is 5.52. The molecule has 2 aromatic heterocycles. The van der Waals surface area contributed by atoms with Gasteiger partial charge in [0, 0.05) is 36.9 Å². The minimum Gasteiger partial charge on any atom is -0.208 e. The van der Waals surface area contributed by atoms with Crippen molar-refractivity contribution in [2.45, 2.75) is 5.41 Å². The molecule has 0 bridgehead atoms. The van der Waals surface area contributed by atoms with Gasteiger partial charge in [-0.15, -0.1) is 11.3 Å². The first kappa shape index (κ1) is 37.1. The van der Waals surface area contributed by atoms with Crippen molar-refractivity contribution in [3.63, 3.8) is 0 Å². The zero-order valence-electron chi connectivity index (χ0n) is 35.6. The molecule has 0 radical (unpaired) electrons. The van der Waals surface area contributed by atoms with Crippen LogP contribution in [0.3, 0.4) is 0 Å². The summed E-state index contributed by atoms with van der Waals surface area (Å²) in [6.07, 6.45) is 0. The predicted octanol–water partition coefficient (Wildman–Crippen LogP) is 16.1. The van der Waals surface area contributed by atoms with E-state index in [2.05, 4.69) is 224 Å². The lowest BCUT2D eigenvalue weighted by molar-refractivity contribution is 0.794. The molecule has 0 saturated heterocycles. The van der Waals surface area contributed by atoms with Crippen LogP contribution in [0.15, 0.2) is 224 Å². The van der Waals surface area contributed by atoms with Crippen molar-refractivity contribution in [2.24, 2.45) is 0 Å². The number of nitrogens with zero attached hydrogens (tertiary/aromatic N) is 3. The zero-order valence-corrected chi connectivity index (χ0v) is 36.4. The zero-order chi connectivity index (χ0) is 43.3. The van der Waals surface area contributed by atoms with Crippen molar-refractivity contribution in [1.82, 2.24) is 15.0 Å². The quantitative estimate of drug-likeness (QED) is 0.173. The van der Waals surface area contributed by atoms with E-state index in [0.717, 1.165) is 27.8 Å². The number of rotatable bonds is 5. The van der Waals surface area contributed by atoms with E-state index >= 15 is 0 Å². The lowest BCUT2D eigenvalue weighted by atomic mass is 9.69. The third-order valence-corrected chi connectivity index (χ3v) is 15.2. The minimum atomic E-state index is -0.564. The Labute approximate surface area is 386 Å². The molecule has 2 aliphatic rings. The van der Waals surface area contributed by atoms with Gasteiger partial charge >= 0.3 is 0 Å². The standard InChI is InChI=1S/C62H37N3S/c1-2-19-43-38(15-1)16-12-24-44(43)39-33-35-40(36-34-39)59-63-60(42-18-11-17-41(37-42)45-25-13-27-51-49-23-6-10-32-56(49)66-58(45)51)65-61(64-59)52-28-14-26-50-48-22-5-9-31-55(48)62(57(50)52)53-29-7-3-20-46(53)47-21-4-8-30-54(47)62/h1-37H. The minimum absolute atomic E-state index is 0.564. The number of aromatic nitrogens is 3. The Hall–Kier alpha value is -8.31. The molecule has 0 N–H and O–H groups in total. The number of hydrogen-bond acceptors (Lipinski definition) is 4. The Morgan fingerprint density at radius 1 is 0.303 bits per heavy atom. The second-order valence-corrected chi connectivity index (χ2v) is 18.4. The van der Waals surface area contributed by atoms with E-state index in [1.54, 1.807) is 0 Å². The molecular weight excluding hydrogens is 819 g/mol. The highest BCUT2D eigenvalue weighted by atomic mass is 32.1. The molecule has 3 nitrogen and oxygen atoms in total. The number of fused-ring (bicyclic) bond motifs is 14. The fourth-order valence-electron chi connectivity index (χ4n) is 11.2. The number of thiophene rings is 1. The van der Waals surface area contributed by atoms with Gasteiger partial charge in [0.1, 0.15) is 0 Å². The van der Waals surface area contributed by atoms with Gasteiger partial charge in [0.2, 0.25) is 0 Å². The van der Waals surface area contributed by atoms with Crippen LogP contribution in [0.2, 0.25) is 0 Å². The SMILES string of the molecule is c1cc(-c2nc(-c3ccc(-c4cccc5ccccc45)cc3)nc(-c3cccc4c3C3(c5ccccc5-c5ccccc53)c3ccccc3-4)n2)cc(-c2cccc3c2sc2ccccc23)c1. The average Bonchev–Trinajstić information content (AvgIpc) is 4.03. The molecule has 0 aliphatic heterocycles. The number of hydrogen-bond donors (Lipinski definition) is 0. The maximum Gasteiger partial charge on any atom is 0.164 e. The summed E-state index contributed by atoms with van der Waals surface area (Å²) in [6.45, 7) is 0. The fraction of sp³-hybridized carbons (Fsp3) is 0.0161. The molecule has 66 heavy (non-hydrogen) atoms. The fourth-order valence-corrected chi connectivity index (χ4v) is 12.4. The van der Waals surface area contributed by atoms with Crippen LogP contribution < -0.4 is 0 Å². The molecule has 2 heterocycles. The van der Waals surface area contributed by atoms with Gasteiger partial charge in [-0.3, -0.25) is 0 Å². The van der Waals surface area contributed by atoms with Crippen LogP contribution in [0.4, 0.5) is 0 Å². The molecule has 0 amide bonds. The van der Waals surface area contributed by atoms with E-state index in [9.17, 15) is 0 Å².